The SMILES string of the molecule is O=S(=O)(N1CCCC1)N1CCCCC1CCc1ccc(O)cc1. The van der Waals surface area contributed by atoms with Crippen LogP contribution in [0.2, 0.25) is 0 Å². The van der Waals surface area contributed by atoms with E-state index in [1.54, 1.807) is 20.7 Å². The van der Waals surface area contributed by atoms with Crippen molar-refractivity contribution in [1.82, 2.24) is 8.61 Å². The molecule has 6 heteroatoms. The molecule has 2 saturated heterocycles. The first-order valence-corrected chi connectivity index (χ1v) is 10.0. The predicted octanol–water partition coefficient (Wildman–Crippen LogP) is 2.52. The minimum atomic E-state index is -3.30. The molecule has 2 aliphatic rings. The van der Waals surface area contributed by atoms with Gasteiger partial charge in [-0.15, -0.1) is 0 Å². The Morgan fingerprint density at radius 2 is 1.65 bits per heavy atom. The van der Waals surface area contributed by atoms with Crippen LogP contribution in [-0.2, 0) is 16.6 Å². The third-order valence-corrected chi connectivity index (χ3v) is 7.05. The second-order valence-corrected chi connectivity index (χ2v) is 8.46. The summed E-state index contributed by atoms with van der Waals surface area (Å²) < 4.78 is 29.2. The van der Waals surface area contributed by atoms with Gasteiger partial charge in [0.1, 0.15) is 5.75 Å². The maximum atomic E-state index is 12.9. The lowest BCUT2D eigenvalue weighted by Gasteiger charge is -2.37. The van der Waals surface area contributed by atoms with Crippen LogP contribution >= 0.6 is 0 Å². The first kappa shape index (κ1) is 16.7. The highest BCUT2D eigenvalue weighted by molar-refractivity contribution is 7.86. The summed E-state index contributed by atoms with van der Waals surface area (Å²) in [5.74, 6) is 0.268. The molecule has 0 amide bonds. The van der Waals surface area contributed by atoms with E-state index < -0.39 is 10.2 Å². The molecule has 1 unspecified atom stereocenters. The number of aryl methyl sites for hydroxylation is 1. The molecule has 0 saturated carbocycles. The first-order valence-electron chi connectivity index (χ1n) is 8.62. The molecule has 0 aliphatic carbocycles. The van der Waals surface area contributed by atoms with Crippen LogP contribution in [0.15, 0.2) is 24.3 Å². The zero-order valence-corrected chi connectivity index (χ0v) is 14.3. The van der Waals surface area contributed by atoms with Crippen LogP contribution in [0.1, 0.15) is 44.1 Å². The van der Waals surface area contributed by atoms with E-state index in [-0.39, 0.29) is 11.8 Å². The lowest BCUT2D eigenvalue weighted by molar-refractivity contribution is 0.226. The highest BCUT2D eigenvalue weighted by Gasteiger charge is 2.37. The monoisotopic (exact) mass is 338 g/mol. The molecule has 0 spiro atoms. The van der Waals surface area contributed by atoms with Crippen molar-refractivity contribution in [2.24, 2.45) is 0 Å². The molecule has 3 rings (SSSR count). The van der Waals surface area contributed by atoms with Gasteiger partial charge in [-0.25, -0.2) is 0 Å². The van der Waals surface area contributed by atoms with E-state index >= 15 is 0 Å². The summed E-state index contributed by atoms with van der Waals surface area (Å²) in [5.41, 5.74) is 1.15. The molecular weight excluding hydrogens is 312 g/mol. The van der Waals surface area contributed by atoms with Crippen molar-refractivity contribution < 1.29 is 13.5 Å². The molecule has 1 aromatic carbocycles. The average molecular weight is 338 g/mol. The molecule has 0 aromatic heterocycles. The largest absolute Gasteiger partial charge is 0.508 e. The molecule has 0 bridgehead atoms. The molecule has 0 radical (unpaired) electrons. The van der Waals surface area contributed by atoms with Gasteiger partial charge in [-0.3, -0.25) is 0 Å². The van der Waals surface area contributed by atoms with E-state index in [1.165, 1.54) is 0 Å². The number of piperidine rings is 1. The van der Waals surface area contributed by atoms with Crippen LogP contribution in [0, 0.1) is 0 Å². The summed E-state index contributed by atoms with van der Waals surface area (Å²) in [6, 6.07) is 7.31. The Balaban J connectivity index is 1.67. The van der Waals surface area contributed by atoms with Crippen molar-refractivity contribution in [3.63, 3.8) is 0 Å². The van der Waals surface area contributed by atoms with Gasteiger partial charge in [0, 0.05) is 25.7 Å². The third kappa shape index (κ3) is 3.87. The molecule has 5 nitrogen and oxygen atoms in total. The van der Waals surface area contributed by atoms with E-state index in [2.05, 4.69) is 0 Å². The standard InChI is InChI=1S/C17H26N2O3S/c20-17-10-7-15(8-11-17)6-9-16-5-1-2-14-19(16)23(21,22)18-12-3-4-13-18/h7-8,10-11,16,20H,1-6,9,12-14H2. The second-order valence-electron chi connectivity index (χ2n) is 6.58. The van der Waals surface area contributed by atoms with Gasteiger partial charge in [0.25, 0.3) is 10.2 Å². The lowest BCUT2D eigenvalue weighted by Crippen LogP contribution is -2.50. The van der Waals surface area contributed by atoms with Gasteiger partial charge < -0.3 is 5.11 Å². The van der Waals surface area contributed by atoms with Crippen molar-refractivity contribution in [1.29, 1.82) is 0 Å². The summed E-state index contributed by atoms with van der Waals surface area (Å²) in [5, 5.41) is 9.35. The fourth-order valence-electron chi connectivity index (χ4n) is 3.63. The highest BCUT2D eigenvalue weighted by atomic mass is 32.2. The van der Waals surface area contributed by atoms with Crippen LogP contribution in [0.25, 0.3) is 0 Å². The first-order chi connectivity index (χ1) is 11.1. The summed E-state index contributed by atoms with van der Waals surface area (Å²) in [6.45, 7) is 1.99. The molecule has 1 N–H and O–H groups in total. The van der Waals surface area contributed by atoms with Gasteiger partial charge in [0.2, 0.25) is 0 Å². The van der Waals surface area contributed by atoms with Crippen LogP contribution in [0.4, 0.5) is 0 Å². The Hall–Kier alpha value is -1.11. The van der Waals surface area contributed by atoms with E-state index in [4.69, 9.17) is 0 Å². The maximum absolute atomic E-state index is 12.9. The van der Waals surface area contributed by atoms with Gasteiger partial charge in [-0.05, 0) is 56.2 Å². The van der Waals surface area contributed by atoms with Gasteiger partial charge in [0.15, 0.2) is 0 Å². The number of hydrogen-bond acceptors (Lipinski definition) is 3. The van der Waals surface area contributed by atoms with Crippen LogP contribution in [-0.4, -0.2) is 47.8 Å². The molecule has 1 aromatic rings. The maximum Gasteiger partial charge on any atom is 0.282 e. The molecule has 23 heavy (non-hydrogen) atoms. The second kappa shape index (κ2) is 7.20. The van der Waals surface area contributed by atoms with Crippen molar-refractivity contribution in [3.8, 4) is 5.75 Å². The van der Waals surface area contributed by atoms with Gasteiger partial charge in [-0.1, -0.05) is 18.6 Å². The van der Waals surface area contributed by atoms with E-state index in [1.807, 2.05) is 12.1 Å². The Morgan fingerprint density at radius 3 is 2.35 bits per heavy atom. The van der Waals surface area contributed by atoms with Crippen LogP contribution in [0.5, 0.6) is 5.75 Å². The zero-order chi connectivity index (χ0) is 16.3. The van der Waals surface area contributed by atoms with Crippen molar-refractivity contribution in [2.75, 3.05) is 19.6 Å². The van der Waals surface area contributed by atoms with Gasteiger partial charge >= 0.3 is 0 Å². The summed E-state index contributed by atoms with van der Waals surface area (Å²) in [6.07, 6.45) is 6.66. The minimum absolute atomic E-state index is 0.100. The number of hydrogen-bond donors (Lipinski definition) is 1. The third-order valence-electron chi connectivity index (χ3n) is 4.96. The van der Waals surface area contributed by atoms with Crippen molar-refractivity contribution in [2.45, 2.75) is 51.0 Å². The molecule has 128 valence electrons. The van der Waals surface area contributed by atoms with Crippen LogP contribution < -0.4 is 0 Å². The Bertz CT molecular complexity index is 609. The fourth-order valence-corrected chi connectivity index (χ4v) is 5.59. The Labute approximate surface area is 139 Å². The topological polar surface area (TPSA) is 60.9 Å². The average Bonchev–Trinajstić information content (AvgIpc) is 3.10. The zero-order valence-electron chi connectivity index (χ0n) is 13.5. The number of aromatic hydroxyl groups is 1. The summed E-state index contributed by atoms with van der Waals surface area (Å²) in [4.78, 5) is 0. The minimum Gasteiger partial charge on any atom is -0.508 e. The number of benzene rings is 1. The lowest BCUT2D eigenvalue weighted by atomic mass is 9.98. The smallest absolute Gasteiger partial charge is 0.282 e. The number of nitrogens with zero attached hydrogens (tertiary/aromatic N) is 2. The fraction of sp³-hybridized carbons (Fsp3) is 0.647. The normalized spacial score (nSPS) is 24.1. The summed E-state index contributed by atoms with van der Waals surface area (Å²) in [7, 11) is -3.30. The number of phenolic OH excluding ortho intramolecular Hbond substituents is 1. The van der Waals surface area contributed by atoms with E-state index in [0.29, 0.717) is 19.6 Å². The van der Waals surface area contributed by atoms with Crippen molar-refractivity contribution >= 4 is 10.2 Å². The van der Waals surface area contributed by atoms with Gasteiger partial charge in [0.05, 0.1) is 0 Å². The quantitative estimate of drug-likeness (QED) is 0.897. The number of rotatable bonds is 5. The molecular formula is C17H26N2O3S. The van der Waals surface area contributed by atoms with E-state index in [0.717, 1.165) is 50.5 Å². The van der Waals surface area contributed by atoms with E-state index in [9.17, 15) is 13.5 Å². The molecule has 1 atom stereocenters. The molecule has 2 heterocycles. The summed E-state index contributed by atoms with van der Waals surface area (Å²) >= 11 is 0. The number of phenols is 1. The van der Waals surface area contributed by atoms with Gasteiger partial charge in [-0.2, -0.15) is 17.0 Å². The molecule has 2 fully saturated rings. The Kier molecular flexibility index (Phi) is 5.24. The predicted molar refractivity (Wildman–Crippen MR) is 90.5 cm³/mol. The Morgan fingerprint density at radius 1 is 1.00 bits per heavy atom. The highest BCUT2D eigenvalue weighted by Crippen LogP contribution is 2.27. The molecule has 2 aliphatic heterocycles. The van der Waals surface area contributed by atoms with Crippen LogP contribution in [0.3, 0.4) is 0 Å². The van der Waals surface area contributed by atoms with Crippen molar-refractivity contribution in [3.05, 3.63) is 29.8 Å².